The van der Waals surface area contributed by atoms with Gasteiger partial charge in [0.15, 0.2) is 5.96 Å². The maximum absolute atomic E-state index is 5.35. The van der Waals surface area contributed by atoms with Gasteiger partial charge in [0.2, 0.25) is 0 Å². The van der Waals surface area contributed by atoms with Crippen LogP contribution in [0.2, 0.25) is 0 Å². The van der Waals surface area contributed by atoms with Crippen LogP contribution in [0, 0.1) is 0 Å². The van der Waals surface area contributed by atoms with Crippen molar-refractivity contribution in [3.8, 4) is 0 Å². The zero-order valence-electron chi connectivity index (χ0n) is 14.5. The Bertz CT molecular complexity index is 487. The van der Waals surface area contributed by atoms with Gasteiger partial charge in [-0.05, 0) is 38.8 Å². The van der Waals surface area contributed by atoms with Crippen molar-refractivity contribution in [3.63, 3.8) is 0 Å². The molecule has 1 fully saturated rings. The van der Waals surface area contributed by atoms with E-state index in [-0.39, 0.29) is 0 Å². The quantitative estimate of drug-likeness (QED) is 0.460. The SMILES string of the molecule is C=C(C)CN1CCC(NC(=NCCc2ccco2)NCC)CC1. The second-order valence-electron chi connectivity index (χ2n) is 6.24. The number of nitrogens with one attached hydrogen (secondary N) is 2. The van der Waals surface area contributed by atoms with Crippen molar-refractivity contribution in [1.82, 2.24) is 15.5 Å². The van der Waals surface area contributed by atoms with E-state index in [4.69, 9.17) is 4.42 Å². The average Bonchev–Trinajstić information content (AvgIpc) is 3.02. The Morgan fingerprint density at radius 2 is 2.22 bits per heavy atom. The molecule has 5 nitrogen and oxygen atoms in total. The molecule has 0 aliphatic carbocycles. The van der Waals surface area contributed by atoms with E-state index < -0.39 is 0 Å². The van der Waals surface area contributed by atoms with Crippen molar-refractivity contribution < 1.29 is 4.42 Å². The molecule has 128 valence electrons. The van der Waals surface area contributed by atoms with E-state index >= 15 is 0 Å². The lowest BCUT2D eigenvalue weighted by molar-refractivity contribution is 0.221. The van der Waals surface area contributed by atoms with E-state index in [1.807, 2.05) is 12.1 Å². The van der Waals surface area contributed by atoms with Crippen LogP contribution in [0.1, 0.15) is 32.4 Å². The smallest absolute Gasteiger partial charge is 0.191 e. The molecule has 23 heavy (non-hydrogen) atoms. The summed E-state index contributed by atoms with van der Waals surface area (Å²) in [6, 6.07) is 4.41. The highest BCUT2D eigenvalue weighted by Gasteiger charge is 2.19. The second-order valence-corrected chi connectivity index (χ2v) is 6.24. The van der Waals surface area contributed by atoms with Gasteiger partial charge in [0.25, 0.3) is 0 Å². The predicted molar refractivity (Wildman–Crippen MR) is 95.8 cm³/mol. The van der Waals surface area contributed by atoms with Crippen LogP contribution in [0.25, 0.3) is 0 Å². The Labute approximate surface area is 139 Å². The number of likely N-dealkylation sites (tertiary alicyclic amines) is 1. The molecule has 2 N–H and O–H groups in total. The van der Waals surface area contributed by atoms with Crippen LogP contribution < -0.4 is 10.6 Å². The summed E-state index contributed by atoms with van der Waals surface area (Å²) in [7, 11) is 0. The second kappa shape index (κ2) is 9.40. The molecule has 1 aromatic rings. The summed E-state index contributed by atoms with van der Waals surface area (Å²) in [6.45, 7) is 13.1. The first-order chi connectivity index (χ1) is 11.2. The largest absolute Gasteiger partial charge is 0.469 e. The normalized spacial score (nSPS) is 17.2. The molecular formula is C18H30N4O. The molecular weight excluding hydrogens is 288 g/mol. The van der Waals surface area contributed by atoms with Crippen molar-refractivity contribution in [2.24, 2.45) is 4.99 Å². The topological polar surface area (TPSA) is 52.8 Å². The summed E-state index contributed by atoms with van der Waals surface area (Å²) in [5.74, 6) is 1.90. The van der Waals surface area contributed by atoms with Gasteiger partial charge in [-0.3, -0.25) is 9.89 Å². The van der Waals surface area contributed by atoms with Crippen LogP contribution in [-0.4, -0.2) is 49.6 Å². The summed E-state index contributed by atoms with van der Waals surface area (Å²) in [6.07, 6.45) is 4.84. The molecule has 2 rings (SSSR count). The fourth-order valence-electron chi connectivity index (χ4n) is 2.86. The number of nitrogens with zero attached hydrogens (tertiary/aromatic N) is 2. The molecule has 0 amide bonds. The summed E-state index contributed by atoms with van der Waals surface area (Å²) < 4.78 is 5.35. The van der Waals surface area contributed by atoms with E-state index in [1.165, 1.54) is 5.57 Å². The maximum atomic E-state index is 5.35. The fraction of sp³-hybridized carbons (Fsp3) is 0.611. The molecule has 0 bridgehead atoms. The van der Waals surface area contributed by atoms with Crippen molar-refractivity contribution in [2.45, 2.75) is 39.2 Å². The van der Waals surface area contributed by atoms with Crippen LogP contribution in [0.4, 0.5) is 0 Å². The minimum Gasteiger partial charge on any atom is -0.469 e. The molecule has 0 spiro atoms. The predicted octanol–water partition coefficient (Wildman–Crippen LogP) is 2.42. The van der Waals surface area contributed by atoms with Gasteiger partial charge in [-0.15, -0.1) is 0 Å². The highest BCUT2D eigenvalue weighted by Crippen LogP contribution is 2.11. The Kier molecular flexibility index (Phi) is 7.20. The van der Waals surface area contributed by atoms with Crippen molar-refractivity contribution in [1.29, 1.82) is 0 Å². The highest BCUT2D eigenvalue weighted by atomic mass is 16.3. The van der Waals surface area contributed by atoms with Gasteiger partial charge in [-0.2, -0.15) is 0 Å². The van der Waals surface area contributed by atoms with Crippen LogP contribution in [-0.2, 0) is 6.42 Å². The zero-order chi connectivity index (χ0) is 16.5. The molecule has 5 heteroatoms. The van der Waals surface area contributed by atoms with Gasteiger partial charge in [0, 0.05) is 45.2 Å². The number of aliphatic imine (C=N–C) groups is 1. The summed E-state index contributed by atoms with van der Waals surface area (Å²) in [5.41, 5.74) is 1.24. The Balaban J connectivity index is 1.76. The Morgan fingerprint density at radius 1 is 1.43 bits per heavy atom. The van der Waals surface area contributed by atoms with Crippen LogP contribution >= 0.6 is 0 Å². The van der Waals surface area contributed by atoms with Crippen LogP contribution in [0.5, 0.6) is 0 Å². The monoisotopic (exact) mass is 318 g/mol. The third-order valence-corrected chi connectivity index (χ3v) is 3.97. The van der Waals surface area contributed by atoms with E-state index in [0.29, 0.717) is 6.04 Å². The molecule has 1 saturated heterocycles. The number of guanidine groups is 1. The number of rotatable bonds is 7. The highest BCUT2D eigenvalue weighted by molar-refractivity contribution is 5.80. The molecule has 0 atom stereocenters. The average molecular weight is 318 g/mol. The first-order valence-electron chi connectivity index (χ1n) is 8.61. The molecule has 0 radical (unpaired) electrons. The van der Waals surface area contributed by atoms with E-state index in [1.54, 1.807) is 6.26 Å². The summed E-state index contributed by atoms with van der Waals surface area (Å²) in [4.78, 5) is 7.13. The maximum Gasteiger partial charge on any atom is 0.191 e. The number of furan rings is 1. The van der Waals surface area contributed by atoms with Gasteiger partial charge in [-0.1, -0.05) is 12.2 Å². The lowest BCUT2D eigenvalue weighted by atomic mass is 10.0. The summed E-state index contributed by atoms with van der Waals surface area (Å²) in [5, 5.41) is 6.90. The molecule has 2 heterocycles. The molecule has 0 unspecified atom stereocenters. The minimum absolute atomic E-state index is 0.498. The first-order valence-corrected chi connectivity index (χ1v) is 8.61. The lowest BCUT2D eigenvalue weighted by Gasteiger charge is -2.33. The Hall–Kier alpha value is -1.75. The van der Waals surface area contributed by atoms with Crippen LogP contribution in [0.15, 0.2) is 40.0 Å². The number of piperidine rings is 1. The molecule has 1 aromatic heterocycles. The van der Waals surface area contributed by atoms with E-state index in [9.17, 15) is 0 Å². The van der Waals surface area contributed by atoms with Crippen molar-refractivity contribution in [3.05, 3.63) is 36.3 Å². The fourth-order valence-corrected chi connectivity index (χ4v) is 2.86. The first kappa shape index (κ1) is 17.6. The Morgan fingerprint density at radius 3 is 2.83 bits per heavy atom. The molecule has 1 aliphatic heterocycles. The standard InChI is InChI=1S/C18H30N4O/c1-4-19-18(20-10-7-17-6-5-13-23-17)21-16-8-11-22(12-9-16)14-15(2)3/h5-6,13,16H,2,4,7-12,14H2,1,3H3,(H2,19,20,21). The van der Waals surface area contributed by atoms with E-state index in [0.717, 1.165) is 63.7 Å². The van der Waals surface area contributed by atoms with Crippen molar-refractivity contribution in [2.75, 3.05) is 32.7 Å². The van der Waals surface area contributed by atoms with Gasteiger partial charge in [0.05, 0.1) is 6.26 Å². The minimum atomic E-state index is 0.498. The van der Waals surface area contributed by atoms with Gasteiger partial charge >= 0.3 is 0 Å². The van der Waals surface area contributed by atoms with Crippen molar-refractivity contribution >= 4 is 5.96 Å². The van der Waals surface area contributed by atoms with Gasteiger partial charge in [-0.25, -0.2) is 0 Å². The zero-order valence-corrected chi connectivity index (χ0v) is 14.5. The van der Waals surface area contributed by atoms with Gasteiger partial charge in [0.1, 0.15) is 5.76 Å². The molecule has 0 aromatic carbocycles. The third-order valence-electron chi connectivity index (χ3n) is 3.97. The lowest BCUT2D eigenvalue weighted by Crippen LogP contribution is -2.48. The third kappa shape index (κ3) is 6.48. The number of hydrogen-bond donors (Lipinski definition) is 2. The summed E-state index contributed by atoms with van der Waals surface area (Å²) >= 11 is 0. The van der Waals surface area contributed by atoms with Crippen LogP contribution in [0.3, 0.4) is 0 Å². The van der Waals surface area contributed by atoms with Gasteiger partial charge < -0.3 is 15.1 Å². The van der Waals surface area contributed by atoms with E-state index in [2.05, 4.69) is 41.0 Å². The molecule has 1 aliphatic rings. The molecule has 0 saturated carbocycles. The number of hydrogen-bond acceptors (Lipinski definition) is 3.